The molecule has 3 aliphatic rings. The van der Waals surface area contributed by atoms with Gasteiger partial charge in [0, 0.05) is 55.0 Å². The second-order valence-electron chi connectivity index (χ2n) is 8.32. The van der Waals surface area contributed by atoms with Crippen LogP contribution < -0.4 is 10.1 Å². The molecule has 5 nitrogen and oxygen atoms in total. The van der Waals surface area contributed by atoms with Crippen molar-refractivity contribution in [2.45, 2.75) is 31.8 Å². The van der Waals surface area contributed by atoms with Crippen LogP contribution in [0.25, 0.3) is 0 Å². The largest absolute Gasteiger partial charge is 0.490 e. The van der Waals surface area contributed by atoms with E-state index in [9.17, 15) is 4.79 Å². The fourth-order valence-corrected chi connectivity index (χ4v) is 4.95. The lowest BCUT2D eigenvalue weighted by Crippen LogP contribution is -2.47. The fraction of sp³-hybridized carbons (Fsp3) is 0.522. The summed E-state index contributed by atoms with van der Waals surface area (Å²) >= 11 is 12.1. The molecule has 0 unspecified atom stereocenters. The smallest absolute Gasteiger partial charge is 0.225 e. The van der Waals surface area contributed by atoms with Crippen molar-refractivity contribution in [2.24, 2.45) is 5.92 Å². The number of ether oxygens (including phenoxy) is 1. The summed E-state index contributed by atoms with van der Waals surface area (Å²) in [4.78, 5) is 17.5. The van der Waals surface area contributed by atoms with E-state index in [0.29, 0.717) is 21.7 Å². The molecule has 3 heterocycles. The van der Waals surface area contributed by atoms with Crippen LogP contribution in [0.4, 0.5) is 0 Å². The van der Waals surface area contributed by atoms with Crippen LogP contribution in [0.3, 0.4) is 0 Å². The molecular formula is C23H29Cl2N3O2. The Balaban J connectivity index is 1.21. The summed E-state index contributed by atoms with van der Waals surface area (Å²) in [7, 11) is 0. The average Bonchev–Trinajstić information content (AvgIpc) is 2.74. The van der Waals surface area contributed by atoms with Gasteiger partial charge in [-0.1, -0.05) is 29.3 Å². The highest BCUT2D eigenvalue weighted by molar-refractivity contribution is 6.34. The van der Waals surface area contributed by atoms with Crippen LogP contribution in [0.15, 0.2) is 42.1 Å². The van der Waals surface area contributed by atoms with Gasteiger partial charge in [0.2, 0.25) is 5.91 Å². The van der Waals surface area contributed by atoms with Gasteiger partial charge >= 0.3 is 0 Å². The minimum atomic E-state index is 0.0942. The second kappa shape index (κ2) is 10.1. The Hall–Kier alpha value is -1.69. The van der Waals surface area contributed by atoms with E-state index >= 15 is 0 Å². The first-order valence-electron chi connectivity index (χ1n) is 10.8. The molecule has 162 valence electrons. The van der Waals surface area contributed by atoms with Gasteiger partial charge in [0.15, 0.2) is 0 Å². The highest BCUT2D eigenvalue weighted by atomic mass is 35.5. The van der Waals surface area contributed by atoms with Crippen LogP contribution in [0.1, 0.15) is 25.7 Å². The monoisotopic (exact) mass is 449 g/mol. The van der Waals surface area contributed by atoms with Gasteiger partial charge in [0.1, 0.15) is 11.9 Å². The summed E-state index contributed by atoms with van der Waals surface area (Å²) in [5.74, 6) is 1.17. The molecule has 7 heteroatoms. The van der Waals surface area contributed by atoms with E-state index in [0.717, 1.165) is 65.0 Å². The van der Waals surface area contributed by atoms with Gasteiger partial charge in [-0.3, -0.25) is 9.69 Å². The van der Waals surface area contributed by atoms with Gasteiger partial charge in [0.05, 0.1) is 0 Å². The van der Waals surface area contributed by atoms with Crippen molar-refractivity contribution in [1.29, 1.82) is 0 Å². The van der Waals surface area contributed by atoms with Crippen molar-refractivity contribution in [3.8, 4) is 5.75 Å². The quantitative estimate of drug-likeness (QED) is 0.733. The summed E-state index contributed by atoms with van der Waals surface area (Å²) < 4.78 is 6.05. The number of piperidine rings is 2. The third-order valence-corrected chi connectivity index (χ3v) is 6.57. The van der Waals surface area contributed by atoms with Gasteiger partial charge in [-0.25, -0.2) is 0 Å². The first-order chi connectivity index (χ1) is 14.6. The third-order valence-electron chi connectivity index (χ3n) is 6.13. The molecule has 0 aliphatic carbocycles. The second-order valence-corrected chi connectivity index (χ2v) is 9.19. The SMILES string of the molecule is O=C(C1CCN(CC2=CCNC=C2)CC1)N1CCC(Oc2cc(Cl)cc(Cl)c2)CC1. The molecule has 0 radical (unpaired) electrons. The summed E-state index contributed by atoms with van der Waals surface area (Å²) in [5, 5.41) is 4.33. The van der Waals surface area contributed by atoms with Crippen LogP contribution >= 0.6 is 23.2 Å². The summed E-state index contributed by atoms with van der Waals surface area (Å²) in [5.41, 5.74) is 1.36. The van der Waals surface area contributed by atoms with E-state index < -0.39 is 0 Å². The first kappa shape index (κ1) is 21.5. The number of nitrogens with one attached hydrogen (secondary N) is 1. The molecule has 4 rings (SSSR count). The van der Waals surface area contributed by atoms with Gasteiger partial charge in [0.25, 0.3) is 0 Å². The molecule has 1 aromatic rings. The lowest BCUT2D eigenvalue weighted by atomic mass is 9.93. The maximum Gasteiger partial charge on any atom is 0.225 e. The van der Waals surface area contributed by atoms with Gasteiger partial charge in [-0.2, -0.15) is 0 Å². The minimum Gasteiger partial charge on any atom is -0.490 e. The lowest BCUT2D eigenvalue weighted by Gasteiger charge is -2.37. The van der Waals surface area contributed by atoms with Crippen molar-refractivity contribution in [3.63, 3.8) is 0 Å². The predicted molar refractivity (Wildman–Crippen MR) is 121 cm³/mol. The number of dihydropyridines is 1. The molecule has 0 atom stereocenters. The van der Waals surface area contributed by atoms with E-state index in [-0.39, 0.29) is 12.0 Å². The number of carbonyl (C=O) groups excluding carboxylic acids is 1. The number of hydrogen-bond acceptors (Lipinski definition) is 4. The number of nitrogens with zero attached hydrogens (tertiary/aromatic N) is 2. The Bertz CT molecular complexity index is 790. The van der Waals surface area contributed by atoms with Crippen LogP contribution in [0.5, 0.6) is 5.75 Å². The van der Waals surface area contributed by atoms with Crippen molar-refractivity contribution < 1.29 is 9.53 Å². The Morgan fingerprint density at radius 2 is 1.73 bits per heavy atom. The van der Waals surface area contributed by atoms with Crippen LogP contribution in [-0.2, 0) is 4.79 Å². The third kappa shape index (κ3) is 5.71. The van der Waals surface area contributed by atoms with Crippen LogP contribution in [0.2, 0.25) is 10.0 Å². The van der Waals surface area contributed by atoms with E-state index in [2.05, 4.69) is 22.4 Å². The zero-order valence-electron chi connectivity index (χ0n) is 17.2. The maximum atomic E-state index is 13.0. The maximum absolute atomic E-state index is 13.0. The first-order valence-corrected chi connectivity index (χ1v) is 11.6. The Morgan fingerprint density at radius 1 is 1.03 bits per heavy atom. The number of hydrogen-bond donors (Lipinski definition) is 1. The number of benzene rings is 1. The molecule has 0 aromatic heterocycles. The molecule has 2 saturated heterocycles. The van der Waals surface area contributed by atoms with Gasteiger partial charge in [-0.05, 0) is 62.0 Å². The summed E-state index contributed by atoms with van der Waals surface area (Å²) in [6.07, 6.45) is 10.1. The Morgan fingerprint density at radius 3 is 2.37 bits per heavy atom. The topological polar surface area (TPSA) is 44.8 Å². The Labute approximate surface area is 188 Å². The number of carbonyl (C=O) groups is 1. The molecule has 0 spiro atoms. The summed E-state index contributed by atoms with van der Waals surface area (Å²) in [6.45, 7) is 5.37. The predicted octanol–water partition coefficient (Wildman–Crippen LogP) is 4.12. The van der Waals surface area contributed by atoms with E-state index in [1.807, 2.05) is 11.1 Å². The molecule has 2 fully saturated rings. The van der Waals surface area contributed by atoms with Crippen molar-refractivity contribution in [1.82, 2.24) is 15.1 Å². The molecule has 0 bridgehead atoms. The van der Waals surface area contributed by atoms with E-state index in [1.165, 1.54) is 5.57 Å². The lowest BCUT2D eigenvalue weighted by molar-refractivity contribution is -0.138. The molecule has 30 heavy (non-hydrogen) atoms. The normalized spacial score (nSPS) is 21.3. The highest BCUT2D eigenvalue weighted by Gasteiger charge is 2.31. The molecule has 0 saturated carbocycles. The number of halogens is 2. The number of likely N-dealkylation sites (tertiary alicyclic amines) is 2. The molecule has 1 N–H and O–H groups in total. The standard InChI is InChI=1S/C23H29Cl2N3O2/c24-19-13-20(25)15-22(14-19)30-21-5-11-28(12-6-21)23(29)18-3-9-27(10-4-18)16-17-1-7-26-8-2-17/h1-2,7,13-15,18,21,26H,3-6,8-12,16H2. The molecule has 1 amide bonds. The number of amides is 1. The Kier molecular flexibility index (Phi) is 7.24. The summed E-state index contributed by atoms with van der Waals surface area (Å²) in [6, 6.07) is 5.27. The average molecular weight is 450 g/mol. The zero-order chi connectivity index (χ0) is 20.9. The van der Waals surface area contributed by atoms with E-state index in [4.69, 9.17) is 27.9 Å². The van der Waals surface area contributed by atoms with Crippen LogP contribution in [0, 0.1) is 5.92 Å². The van der Waals surface area contributed by atoms with Crippen LogP contribution in [-0.4, -0.2) is 61.1 Å². The van der Waals surface area contributed by atoms with Crippen molar-refractivity contribution in [3.05, 3.63) is 52.2 Å². The van der Waals surface area contributed by atoms with Crippen molar-refractivity contribution in [2.75, 3.05) is 39.3 Å². The van der Waals surface area contributed by atoms with E-state index in [1.54, 1.807) is 18.2 Å². The molecule has 1 aromatic carbocycles. The highest BCUT2D eigenvalue weighted by Crippen LogP contribution is 2.28. The van der Waals surface area contributed by atoms with Crippen molar-refractivity contribution >= 4 is 29.1 Å². The number of rotatable bonds is 5. The zero-order valence-corrected chi connectivity index (χ0v) is 18.7. The fourth-order valence-electron chi connectivity index (χ4n) is 4.45. The van der Waals surface area contributed by atoms with Gasteiger partial charge < -0.3 is 15.0 Å². The molecule has 3 aliphatic heterocycles. The van der Waals surface area contributed by atoms with Gasteiger partial charge in [-0.15, -0.1) is 0 Å². The molecular weight excluding hydrogens is 421 g/mol. The minimum absolute atomic E-state index is 0.0942.